The molecule has 0 aromatic carbocycles. The Balaban J connectivity index is 2.19. The molecular formula is C5H10N2O3. The van der Waals surface area contributed by atoms with E-state index in [1.54, 1.807) is 0 Å². The second kappa shape index (κ2) is 3.38. The summed E-state index contributed by atoms with van der Waals surface area (Å²) >= 11 is 0. The van der Waals surface area contributed by atoms with E-state index in [0.29, 0.717) is 0 Å². The quantitative estimate of drug-likeness (QED) is 0.450. The molecule has 10 heavy (non-hydrogen) atoms. The lowest BCUT2D eigenvalue weighted by atomic mass is 10.2. The Morgan fingerprint density at radius 1 is 1.70 bits per heavy atom. The van der Waals surface area contributed by atoms with Gasteiger partial charge in [-0.05, 0) is 6.42 Å². The molecule has 1 rings (SSSR count). The van der Waals surface area contributed by atoms with E-state index in [9.17, 15) is 4.79 Å². The van der Waals surface area contributed by atoms with Crippen LogP contribution in [-0.2, 0) is 4.74 Å². The van der Waals surface area contributed by atoms with Crippen molar-refractivity contribution >= 4 is 6.16 Å². The Labute approximate surface area is 58.3 Å². The Hall–Kier alpha value is -0.810. The molecule has 0 bridgehead atoms. The maximum Gasteiger partial charge on any atom is 0.507 e. The Bertz CT molecular complexity index is 122. The summed E-state index contributed by atoms with van der Waals surface area (Å²) in [4.78, 5) is 9.98. The van der Waals surface area contributed by atoms with Crippen molar-refractivity contribution in [2.75, 3.05) is 6.54 Å². The van der Waals surface area contributed by atoms with E-state index in [0.717, 1.165) is 19.4 Å². The summed E-state index contributed by atoms with van der Waals surface area (Å²) < 4.78 is 4.43. The van der Waals surface area contributed by atoms with E-state index in [4.69, 9.17) is 5.11 Å². The summed E-state index contributed by atoms with van der Waals surface area (Å²) in [6.07, 6.45) is 0.0528. The van der Waals surface area contributed by atoms with Gasteiger partial charge >= 0.3 is 6.16 Å². The van der Waals surface area contributed by atoms with Crippen molar-refractivity contribution in [1.82, 2.24) is 10.9 Å². The minimum Gasteiger partial charge on any atom is -0.450 e. The van der Waals surface area contributed by atoms with Crippen LogP contribution in [0.1, 0.15) is 12.8 Å². The van der Waals surface area contributed by atoms with Gasteiger partial charge in [-0.2, -0.15) is 0 Å². The van der Waals surface area contributed by atoms with Crippen LogP contribution in [-0.4, -0.2) is 24.0 Å². The Morgan fingerprint density at radius 3 is 3.00 bits per heavy atom. The van der Waals surface area contributed by atoms with Crippen LogP contribution in [0.15, 0.2) is 0 Å². The van der Waals surface area contributed by atoms with Gasteiger partial charge in [-0.25, -0.2) is 10.2 Å². The number of carboxylic acid groups (broad SMARTS) is 1. The van der Waals surface area contributed by atoms with E-state index < -0.39 is 6.16 Å². The third-order valence-corrected chi connectivity index (χ3v) is 1.27. The molecule has 1 saturated heterocycles. The fourth-order valence-corrected chi connectivity index (χ4v) is 0.844. The topological polar surface area (TPSA) is 70.6 Å². The lowest BCUT2D eigenvalue weighted by Crippen LogP contribution is -2.47. The minimum absolute atomic E-state index is 0.383. The predicted octanol–water partition coefficient (Wildman–Crippen LogP) is -0.105. The van der Waals surface area contributed by atoms with E-state index in [2.05, 4.69) is 15.6 Å². The van der Waals surface area contributed by atoms with Gasteiger partial charge in [0.25, 0.3) is 0 Å². The molecule has 0 aliphatic carbocycles. The highest BCUT2D eigenvalue weighted by atomic mass is 16.7. The normalized spacial score (nSPS) is 25.8. The third-order valence-electron chi connectivity index (χ3n) is 1.27. The van der Waals surface area contributed by atoms with Crippen LogP contribution >= 0.6 is 0 Å². The monoisotopic (exact) mass is 146 g/mol. The molecule has 1 aliphatic rings. The summed E-state index contributed by atoms with van der Waals surface area (Å²) in [7, 11) is 0. The zero-order valence-electron chi connectivity index (χ0n) is 5.46. The molecule has 1 unspecified atom stereocenters. The van der Waals surface area contributed by atoms with Gasteiger partial charge in [0.2, 0.25) is 0 Å². The summed E-state index contributed by atoms with van der Waals surface area (Å²) in [6.45, 7) is 0.861. The molecule has 5 nitrogen and oxygen atoms in total. The lowest BCUT2D eigenvalue weighted by Gasteiger charge is -2.22. The van der Waals surface area contributed by atoms with Crippen LogP contribution in [0, 0.1) is 0 Å². The van der Waals surface area contributed by atoms with Gasteiger partial charge in [0.05, 0.1) is 0 Å². The molecule has 1 atom stereocenters. The number of hydrazine groups is 1. The fourth-order valence-electron chi connectivity index (χ4n) is 0.844. The average Bonchev–Trinajstić information content (AvgIpc) is 1.88. The highest BCUT2D eigenvalue weighted by Gasteiger charge is 2.15. The SMILES string of the molecule is O=C(O)OC1CCCNN1. The summed E-state index contributed by atoms with van der Waals surface area (Å²) in [5.41, 5.74) is 5.50. The molecule has 0 spiro atoms. The van der Waals surface area contributed by atoms with E-state index in [1.165, 1.54) is 0 Å². The van der Waals surface area contributed by atoms with Crippen LogP contribution in [0.25, 0.3) is 0 Å². The van der Waals surface area contributed by atoms with Crippen molar-refractivity contribution < 1.29 is 14.6 Å². The molecule has 5 heteroatoms. The first-order chi connectivity index (χ1) is 4.79. The third kappa shape index (κ3) is 2.20. The Morgan fingerprint density at radius 2 is 2.50 bits per heavy atom. The van der Waals surface area contributed by atoms with Crippen molar-refractivity contribution in [3.63, 3.8) is 0 Å². The molecule has 1 fully saturated rings. The summed E-state index contributed by atoms with van der Waals surface area (Å²) in [5.74, 6) is 0. The standard InChI is InChI=1S/C5H10N2O3/c8-5(9)10-4-2-1-3-6-7-4/h4,6-7H,1-3H2,(H,8,9). The number of nitrogens with one attached hydrogen (secondary N) is 2. The smallest absolute Gasteiger partial charge is 0.450 e. The largest absolute Gasteiger partial charge is 0.507 e. The van der Waals surface area contributed by atoms with Gasteiger partial charge in [-0.1, -0.05) is 0 Å². The van der Waals surface area contributed by atoms with E-state index in [1.807, 2.05) is 0 Å². The maximum absolute atomic E-state index is 9.98. The molecule has 0 aromatic rings. The minimum atomic E-state index is -1.23. The van der Waals surface area contributed by atoms with Crippen molar-refractivity contribution in [3.8, 4) is 0 Å². The number of ether oxygens (including phenoxy) is 1. The summed E-state index contributed by atoms with van der Waals surface area (Å²) in [6, 6.07) is 0. The first-order valence-corrected chi connectivity index (χ1v) is 3.17. The zero-order chi connectivity index (χ0) is 7.40. The lowest BCUT2D eigenvalue weighted by molar-refractivity contribution is 0.0156. The molecule has 0 amide bonds. The van der Waals surface area contributed by atoms with E-state index >= 15 is 0 Å². The van der Waals surface area contributed by atoms with Crippen LogP contribution in [0.4, 0.5) is 4.79 Å². The summed E-state index contributed by atoms with van der Waals surface area (Å²) in [5, 5.41) is 8.18. The fraction of sp³-hybridized carbons (Fsp3) is 0.800. The van der Waals surface area contributed by atoms with Crippen molar-refractivity contribution in [2.24, 2.45) is 0 Å². The zero-order valence-corrected chi connectivity index (χ0v) is 5.46. The molecule has 58 valence electrons. The van der Waals surface area contributed by atoms with Gasteiger partial charge in [-0.15, -0.1) is 0 Å². The van der Waals surface area contributed by atoms with Gasteiger partial charge in [0, 0.05) is 13.0 Å². The van der Waals surface area contributed by atoms with Gasteiger partial charge in [0.1, 0.15) is 0 Å². The second-order valence-electron chi connectivity index (χ2n) is 2.09. The first kappa shape index (κ1) is 7.30. The van der Waals surface area contributed by atoms with Crippen molar-refractivity contribution in [3.05, 3.63) is 0 Å². The number of carbonyl (C=O) groups is 1. The van der Waals surface area contributed by atoms with Crippen molar-refractivity contribution in [1.29, 1.82) is 0 Å². The first-order valence-electron chi connectivity index (χ1n) is 3.17. The number of hydrogen-bond donors (Lipinski definition) is 3. The number of rotatable bonds is 1. The number of hydrogen-bond acceptors (Lipinski definition) is 4. The maximum atomic E-state index is 9.98. The Kier molecular flexibility index (Phi) is 2.47. The van der Waals surface area contributed by atoms with Gasteiger partial charge < -0.3 is 9.84 Å². The van der Waals surface area contributed by atoms with Crippen LogP contribution in [0.3, 0.4) is 0 Å². The molecule has 0 radical (unpaired) electrons. The van der Waals surface area contributed by atoms with Crippen molar-refractivity contribution in [2.45, 2.75) is 19.1 Å². The molecular weight excluding hydrogens is 136 g/mol. The molecule has 0 saturated carbocycles. The molecule has 1 aliphatic heterocycles. The van der Waals surface area contributed by atoms with Crippen LogP contribution in [0.5, 0.6) is 0 Å². The predicted molar refractivity (Wildman–Crippen MR) is 33.3 cm³/mol. The van der Waals surface area contributed by atoms with Crippen LogP contribution < -0.4 is 10.9 Å². The second-order valence-corrected chi connectivity index (χ2v) is 2.09. The average molecular weight is 146 g/mol. The highest BCUT2D eigenvalue weighted by molar-refractivity contribution is 5.56. The van der Waals surface area contributed by atoms with Gasteiger partial charge in [0.15, 0.2) is 6.23 Å². The van der Waals surface area contributed by atoms with E-state index in [-0.39, 0.29) is 6.23 Å². The molecule has 3 N–H and O–H groups in total. The van der Waals surface area contributed by atoms with Gasteiger partial charge in [-0.3, -0.25) is 5.43 Å². The molecule has 0 aromatic heterocycles. The highest BCUT2D eigenvalue weighted by Crippen LogP contribution is 2.01. The molecule has 1 heterocycles. The van der Waals surface area contributed by atoms with Crippen LogP contribution in [0.2, 0.25) is 0 Å².